The fourth-order valence-electron chi connectivity index (χ4n) is 2.73. The molecule has 126 valence electrons. The SMILES string of the molecule is NC(=O)c1cccnc1Oc1cc(F)c(CN2CCCC2)c(Cl)c1. The van der Waals surface area contributed by atoms with E-state index < -0.39 is 11.7 Å². The highest BCUT2D eigenvalue weighted by molar-refractivity contribution is 6.31. The summed E-state index contributed by atoms with van der Waals surface area (Å²) in [6.07, 6.45) is 3.70. The molecule has 3 rings (SSSR count). The van der Waals surface area contributed by atoms with Gasteiger partial charge in [-0.1, -0.05) is 11.6 Å². The Morgan fingerprint density at radius 1 is 1.38 bits per heavy atom. The topological polar surface area (TPSA) is 68.5 Å². The van der Waals surface area contributed by atoms with Gasteiger partial charge in [-0.2, -0.15) is 0 Å². The summed E-state index contributed by atoms with van der Waals surface area (Å²) in [5.74, 6) is -0.923. The van der Waals surface area contributed by atoms with Crippen molar-refractivity contribution >= 4 is 17.5 Å². The van der Waals surface area contributed by atoms with Crippen molar-refractivity contribution in [3.05, 3.63) is 52.4 Å². The van der Waals surface area contributed by atoms with Crippen molar-refractivity contribution in [3.63, 3.8) is 0 Å². The van der Waals surface area contributed by atoms with E-state index >= 15 is 0 Å². The molecule has 2 aromatic rings. The second-order valence-corrected chi connectivity index (χ2v) is 6.08. The van der Waals surface area contributed by atoms with E-state index in [1.54, 1.807) is 6.07 Å². The number of carbonyl (C=O) groups is 1. The monoisotopic (exact) mass is 349 g/mol. The van der Waals surface area contributed by atoms with Crippen molar-refractivity contribution in [1.82, 2.24) is 9.88 Å². The van der Waals surface area contributed by atoms with Crippen LogP contribution >= 0.6 is 11.6 Å². The molecule has 0 saturated carbocycles. The summed E-state index contributed by atoms with van der Waals surface area (Å²) < 4.78 is 19.9. The Labute approximate surface area is 144 Å². The Morgan fingerprint density at radius 3 is 2.79 bits per heavy atom. The van der Waals surface area contributed by atoms with E-state index in [1.807, 2.05) is 0 Å². The van der Waals surface area contributed by atoms with Crippen molar-refractivity contribution in [3.8, 4) is 11.6 Å². The van der Waals surface area contributed by atoms with E-state index in [4.69, 9.17) is 22.1 Å². The molecule has 0 bridgehead atoms. The quantitative estimate of drug-likeness (QED) is 0.898. The van der Waals surface area contributed by atoms with E-state index in [-0.39, 0.29) is 22.2 Å². The number of aromatic nitrogens is 1. The largest absolute Gasteiger partial charge is 0.438 e. The summed E-state index contributed by atoms with van der Waals surface area (Å²) in [6.45, 7) is 2.37. The standard InChI is InChI=1S/C17H17ClFN3O2/c18-14-8-11(24-17-12(16(20)23)4-3-5-21-17)9-15(19)13(14)10-22-6-1-2-7-22/h3-5,8-9H,1-2,6-7,10H2,(H2,20,23). The number of nitrogens with two attached hydrogens (primary N) is 1. The summed E-state index contributed by atoms with van der Waals surface area (Å²) in [4.78, 5) is 17.5. The van der Waals surface area contributed by atoms with Crippen LogP contribution in [0.2, 0.25) is 5.02 Å². The first kappa shape index (κ1) is 16.7. The summed E-state index contributed by atoms with van der Waals surface area (Å²) in [7, 11) is 0. The number of primary amides is 1. The van der Waals surface area contributed by atoms with Gasteiger partial charge in [0.25, 0.3) is 5.91 Å². The molecule has 0 unspecified atom stereocenters. The number of hydrogen-bond acceptors (Lipinski definition) is 4. The molecule has 24 heavy (non-hydrogen) atoms. The first-order chi connectivity index (χ1) is 11.5. The van der Waals surface area contributed by atoms with Gasteiger partial charge in [0.1, 0.15) is 17.1 Å². The van der Waals surface area contributed by atoms with Crippen LogP contribution in [0.25, 0.3) is 0 Å². The van der Waals surface area contributed by atoms with Crippen LogP contribution in [0, 0.1) is 5.82 Å². The van der Waals surface area contributed by atoms with E-state index in [0.29, 0.717) is 12.1 Å². The van der Waals surface area contributed by atoms with Crippen molar-refractivity contribution in [2.75, 3.05) is 13.1 Å². The number of ether oxygens (including phenoxy) is 1. The number of benzene rings is 1. The van der Waals surface area contributed by atoms with Crippen molar-refractivity contribution < 1.29 is 13.9 Å². The number of nitrogens with zero attached hydrogens (tertiary/aromatic N) is 2. The number of hydrogen-bond donors (Lipinski definition) is 1. The molecule has 1 fully saturated rings. The van der Waals surface area contributed by atoms with Gasteiger partial charge in [0.2, 0.25) is 5.88 Å². The molecule has 1 aromatic carbocycles. The number of likely N-dealkylation sites (tertiary alicyclic amines) is 1. The maximum Gasteiger partial charge on any atom is 0.254 e. The van der Waals surface area contributed by atoms with Gasteiger partial charge in [-0.15, -0.1) is 0 Å². The third kappa shape index (κ3) is 3.66. The molecule has 1 amide bonds. The zero-order valence-corrected chi connectivity index (χ0v) is 13.7. The van der Waals surface area contributed by atoms with E-state index in [1.165, 1.54) is 24.4 Å². The summed E-state index contributed by atoms with van der Waals surface area (Å²) >= 11 is 6.22. The van der Waals surface area contributed by atoms with Gasteiger partial charge in [-0.25, -0.2) is 9.37 Å². The first-order valence-electron chi connectivity index (χ1n) is 7.67. The molecule has 0 radical (unpaired) electrons. The average molecular weight is 350 g/mol. The van der Waals surface area contributed by atoms with Gasteiger partial charge in [-0.3, -0.25) is 9.69 Å². The van der Waals surface area contributed by atoms with Crippen LogP contribution in [-0.4, -0.2) is 28.9 Å². The number of amides is 1. The Hall–Kier alpha value is -2.18. The van der Waals surface area contributed by atoms with Gasteiger partial charge in [0.05, 0.1) is 5.02 Å². The normalized spacial score (nSPS) is 14.8. The average Bonchev–Trinajstić information content (AvgIpc) is 3.04. The minimum absolute atomic E-state index is 0.0211. The molecule has 5 nitrogen and oxygen atoms in total. The second kappa shape index (κ2) is 7.15. The minimum Gasteiger partial charge on any atom is -0.438 e. The number of halogens is 2. The van der Waals surface area contributed by atoms with Crippen LogP contribution in [-0.2, 0) is 6.54 Å². The van der Waals surface area contributed by atoms with E-state index in [9.17, 15) is 9.18 Å². The lowest BCUT2D eigenvalue weighted by atomic mass is 10.2. The summed E-state index contributed by atoms with van der Waals surface area (Å²) in [6, 6.07) is 5.83. The number of rotatable bonds is 5. The minimum atomic E-state index is -0.671. The Morgan fingerprint density at radius 2 is 2.12 bits per heavy atom. The summed E-state index contributed by atoms with van der Waals surface area (Å²) in [5.41, 5.74) is 5.85. The zero-order chi connectivity index (χ0) is 17.1. The summed E-state index contributed by atoms with van der Waals surface area (Å²) in [5, 5.41) is 0.286. The molecule has 1 aliphatic rings. The highest BCUT2D eigenvalue weighted by atomic mass is 35.5. The fourth-order valence-corrected chi connectivity index (χ4v) is 2.98. The highest BCUT2D eigenvalue weighted by Gasteiger charge is 2.18. The van der Waals surface area contributed by atoms with Crippen molar-refractivity contribution in [1.29, 1.82) is 0 Å². The maximum absolute atomic E-state index is 14.4. The molecule has 2 N–H and O–H groups in total. The van der Waals surface area contributed by atoms with Crippen LogP contribution in [0.3, 0.4) is 0 Å². The van der Waals surface area contributed by atoms with Crippen LogP contribution in [0.15, 0.2) is 30.5 Å². The van der Waals surface area contributed by atoms with Gasteiger partial charge in [0.15, 0.2) is 0 Å². The van der Waals surface area contributed by atoms with Crippen molar-refractivity contribution in [2.45, 2.75) is 19.4 Å². The molecular formula is C17H17ClFN3O2. The van der Waals surface area contributed by atoms with Gasteiger partial charge in [-0.05, 0) is 38.1 Å². The van der Waals surface area contributed by atoms with Crippen LogP contribution < -0.4 is 10.5 Å². The smallest absolute Gasteiger partial charge is 0.254 e. The van der Waals surface area contributed by atoms with E-state index in [0.717, 1.165) is 25.9 Å². The third-order valence-corrected chi connectivity index (χ3v) is 4.28. The Balaban J connectivity index is 1.84. The molecule has 2 heterocycles. The van der Waals surface area contributed by atoms with Crippen LogP contribution in [0.4, 0.5) is 4.39 Å². The Kier molecular flexibility index (Phi) is 4.97. The molecule has 7 heteroatoms. The lowest BCUT2D eigenvalue weighted by Crippen LogP contribution is -2.19. The molecule has 1 saturated heterocycles. The molecule has 0 aliphatic carbocycles. The number of pyridine rings is 1. The predicted molar refractivity (Wildman–Crippen MR) is 88.7 cm³/mol. The molecule has 1 aliphatic heterocycles. The second-order valence-electron chi connectivity index (χ2n) is 5.67. The van der Waals surface area contributed by atoms with Gasteiger partial charge >= 0.3 is 0 Å². The predicted octanol–water partition coefficient (Wildman–Crippen LogP) is 3.36. The molecule has 1 aromatic heterocycles. The molecule has 0 atom stereocenters. The lowest BCUT2D eigenvalue weighted by molar-refractivity contribution is 0.0997. The first-order valence-corrected chi connectivity index (χ1v) is 8.05. The Bertz CT molecular complexity index is 740. The van der Waals surface area contributed by atoms with Gasteiger partial charge < -0.3 is 10.5 Å². The maximum atomic E-state index is 14.4. The highest BCUT2D eigenvalue weighted by Crippen LogP contribution is 2.31. The van der Waals surface area contributed by atoms with Crippen molar-refractivity contribution in [2.24, 2.45) is 5.73 Å². The zero-order valence-electron chi connectivity index (χ0n) is 13.0. The third-order valence-electron chi connectivity index (χ3n) is 3.95. The van der Waals surface area contributed by atoms with E-state index in [2.05, 4.69) is 9.88 Å². The van der Waals surface area contributed by atoms with Crippen LogP contribution in [0.1, 0.15) is 28.8 Å². The molecule has 0 spiro atoms. The van der Waals surface area contributed by atoms with Crippen LogP contribution in [0.5, 0.6) is 11.6 Å². The molecular weight excluding hydrogens is 333 g/mol. The lowest BCUT2D eigenvalue weighted by Gasteiger charge is -2.17. The fraction of sp³-hybridized carbons (Fsp3) is 0.294. The number of carbonyl (C=O) groups excluding carboxylic acids is 1. The van der Waals surface area contributed by atoms with Gasteiger partial charge in [0, 0.05) is 30.4 Å².